The van der Waals surface area contributed by atoms with Crippen molar-refractivity contribution in [2.45, 2.75) is 13.0 Å². The van der Waals surface area contributed by atoms with E-state index in [9.17, 15) is 0 Å². The summed E-state index contributed by atoms with van der Waals surface area (Å²) in [5, 5.41) is 8.85. The second kappa shape index (κ2) is 5.92. The lowest BCUT2D eigenvalue weighted by molar-refractivity contribution is 0.227. The molecular weight excluding hydrogens is 238 g/mol. The number of hydrogen-bond donors (Lipinski definition) is 0. The molecule has 1 atom stereocenters. The minimum atomic E-state index is -0.0835. The fraction of sp³-hybridized carbons (Fsp3) is 0.188. The highest BCUT2D eigenvalue weighted by atomic mass is 16.5. The summed E-state index contributed by atoms with van der Waals surface area (Å²) in [6.07, 6.45) is -0.0835. The van der Waals surface area contributed by atoms with Crippen molar-refractivity contribution in [2.24, 2.45) is 0 Å². The summed E-state index contributed by atoms with van der Waals surface area (Å²) in [5.41, 5.74) is 1.66. The van der Waals surface area contributed by atoms with Gasteiger partial charge in [0.05, 0.1) is 18.7 Å². The van der Waals surface area contributed by atoms with E-state index in [1.54, 1.807) is 19.2 Å². The van der Waals surface area contributed by atoms with Gasteiger partial charge in [0, 0.05) is 0 Å². The van der Waals surface area contributed by atoms with Crippen LogP contribution in [0.3, 0.4) is 0 Å². The first-order valence-electron chi connectivity index (χ1n) is 6.03. The van der Waals surface area contributed by atoms with Crippen molar-refractivity contribution in [2.75, 3.05) is 7.11 Å². The van der Waals surface area contributed by atoms with E-state index in [2.05, 4.69) is 6.07 Å². The molecule has 0 aliphatic carbocycles. The summed E-state index contributed by atoms with van der Waals surface area (Å²) in [5.74, 6) is 1.52. The van der Waals surface area contributed by atoms with Crippen LogP contribution in [0.4, 0.5) is 0 Å². The first-order chi connectivity index (χ1) is 9.22. The molecular formula is C16H15NO2. The fourth-order valence-corrected chi connectivity index (χ4v) is 1.79. The van der Waals surface area contributed by atoms with Gasteiger partial charge in [-0.3, -0.25) is 0 Å². The molecule has 0 saturated heterocycles. The molecule has 0 spiro atoms. The molecule has 2 aromatic carbocycles. The van der Waals surface area contributed by atoms with Gasteiger partial charge < -0.3 is 9.47 Å². The summed E-state index contributed by atoms with van der Waals surface area (Å²) in [6, 6.07) is 17.0. The van der Waals surface area contributed by atoms with E-state index >= 15 is 0 Å². The molecule has 2 rings (SSSR count). The Morgan fingerprint density at radius 2 is 1.79 bits per heavy atom. The maximum Gasteiger partial charge on any atom is 0.121 e. The molecule has 0 radical (unpaired) electrons. The minimum absolute atomic E-state index is 0.0835. The van der Waals surface area contributed by atoms with Gasteiger partial charge in [0.1, 0.15) is 17.6 Å². The van der Waals surface area contributed by atoms with Crippen LogP contribution in [0, 0.1) is 11.3 Å². The van der Waals surface area contributed by atoms with Gasteiger partial charge in [0.2, 0.25) is 0 Å². The smallest absolute Gasteiger partial charge is 0.121 e. The molecule has 0 bridgehead atoms. The SMILES string of the molecule is COc1ccc(C(C)Oc2cccc(C#N)c2)cc1. The van der Waals surface area contributed by atoms with E-state index < -0.39 is 0 Å². The average Bonchev–Trinajstić information content (AvgIpc) is 2.47. The topological polar surface area (TPSA) is 42.2 Å². The third kappa shape index (κ3) is 3.26. The molecule has 0 fully saturated rings. The maximum absolute atomic E-state index is 8.85. The Morgan fingerprint density at radius 1 is 1.05 bits per heavy atom. The lowest BCUT2D eigenvalue weighted by Crippen LogP contribution is -2.03. The van der Waals surface area contributed by atoms with E-state index in [-0.39, 0.29) is 6.10 Å². The highest BCUT2D eigenvalue weighted by Gasteiger charge is 2.07. The van der Waals surface area contributed by atoms with Crippen LogP contribution in [0.5, 0.6) is 11.5 Å². The van der Waals surface area contributed by atoms with Crippen molar-refractivity contribution in [3.05, 3.63) is 59.7 Å². The van der Waals surface area contributed by atoms with Gasteiger partial charge in [-0.15, -0.1) is 0 Å². The van der Waals surface area contributed by atoms with Crippen LogP contribution in [0.1, 0.15) is 24.2 Å². The molecule has 3 nitrogen and oxygen atoms in total. The largest absolute Gasteiger partial charge is 0.497 e. The molecule has 3 heteroatoms. The van der Waals surface area contributed by atoms with E-state index in [0.29, 0.717) is 11.3 Å². The van der Waals surface area contributed by atoms with Gasteiger partial charge in [0.15, 0.2) is 0 Å². The highest BCUT2D eigenvalue weighted by Crippen LogP contribution is 2.23. The predicted octanol–water partition coefficient (Wildman–Crippen LogP) is 3.71. The monoisotopic (exact) mass is 253 g/mol. The molecule has 96 valence electrons. The normalized spacial score (nSPS) is 11.4. The van der Waals surface area contributed by atoms with Crippen molar-refractivity contribution in [1.82, 2.24) is 0 Å². The Hall–Kier alpha value is -2.47. The Kier molecular flexibility index (Phi) is 4.04. The fourth-order valence-electron chi connectivity index (χ4n) is 1.79. The summed E-state index contributed by atoms with van der Waals surface area (Å²) < 4.78 is 10.9. The molecule has 0 heterocycles. The van der Waals surface area contributed by atoms with E-state index in [4.69, 9.17) is 14.7 Å². The number of nitriles is 1. The van der Waals surface area contributed by atoms with Crippen molar-refractivity contribution < 1.29 is 9.47 Å². The lowest BCUT2D eigenvalue weighted by Gasteiger charge is -2.15. The second-order valence-electron chi connectivity index (χ2n) is 4.17. The first-order valence-corrected chi connectivity index (χ1v) is 6.03. The average molecular weight is 253 g/mol. The summed E-state index contributed by atoms with van der Waals surface area (Å²) >= 11 is 0. The highest BCUT2D eigenvalue weighted by molar-refractivity contribution is 5.37. The number of methoxy groups -OCH3 is 1. The van der Waals surface area contributed by atoms with Gasteiger partial charge in [-0.2, -0.15) is 5.26 Å². The van der Waals surface area contributed by atoms with Crippen LogP contribution in [0.25, 0.3) is 0 Å². The molecule has 1 unspecified atom stereocenters. The zero-order valence-electron chi connectivity index (χ0n) is 11.0. The standard InChI is InChI=1S/C16H15NO2/c1-12(14-6-8-15(18-2)9-7-14)19-16-5-3-4-13(10-16)11-17/h3-10,12H,1-2H3. The Morgan fingerprint density at radius 3 is 2.42 bits per heavy atom. The van der Waals surface area contributed by atoms with Gasteiger partial charge >= 0.3 is 0 Å². The van der Waals surface area contributed by atoms with Crippen LogP contribution in [-0.2, 0) is 0 Å². The van der Waals surface area contributed by atoms with Gasteiger partial charge in [0.25, 0.3) is 0 Å². The minimum Gasteiger partial charge on any atom is -0.497 e. The molecule has 2 aromatic rings. The second-order valence-corrected chi connectivity index (χ2v) is 4.17. The quantitative estimate of drug-likeness (QED) is 0.834. The van der Waals surface area contributed by atoms with E-state index in [0.717, 1.165) is 11.3 Å². The number of benzene rings is 2. The number of ether oxygens (including phenoxy) is 2. The number of nitrogens with zero attached hydrogens (tertiary/aromatic N) is 1. The molecule has 0 aromatic heterocycles. The lowest BCUT2D eigenvalue weighted by atomic mass is 10.1. The first kappa shape index (κ1) is 13.0. The molecule has 0 saturated carbocycles. The maximum atomic E-state index is 8.85. The van der Waals surface area contributed by atoms with Crippen molar-refractivity contribution >= 4 is 0 Å². The third-order valence-corrected chi connectivity index (χ3v) is 2.86. The van der Waals surface area contributed by atoms with Crippen LogP contribution in [0.2, 0.25) is 0 Å². The van der Waals surface area contributed by atoms with Crippen LogP contribution >= 0.6 is 0 Å². The third-order valence-electron chi connectivity index (χ3n) is 2.86. The molecule has 19 heavy (non-hydrogen) atoms. The van der Waals surface area contributed by atoms with Crippen LogP contribution in [-0.4, -0.2) is 7.11 Å². The molecule has 0 N–H and O–H groups in total. The van der Waals surface area contributed by atoms with Gasteiger partial charge in [-0.1, -0.05) is 18.2 Å². The van der Waals surface area contributed by atoms with Gasteiger partial charge in [-0.25, -0.2) is 0 Å². The van der Waals surface area contributed by atoms with E-state index in [1.165, 1.54) is 0 Å². The molecule has 0 aliphatic heterocycles. The van der Waals surface area contributed by atoms with E-state index in [1.807, 2.05) is 43.3 Å². The van der Waals surface area contributed by atoms with Crippen molar-refractivity contribution in [3.8, 4) is 17.6 Å². The number of hydrogen-bond acceptors (Lipinski definition) is 3. The molecule has 0 amide bonds. The summed E-state index contributed by atoms with van der Waals surface area (Å²) in [6.45, 7) is 1.97. The van der Waals surface area contributed by atoms with Crippen molar-refractivity contribution in [3.63, 3.8) is 0 Å². The molecule has 0 aliphatic rings. The zero-order valence-corrected chi connectivity index (χ0v) is 11.0. The predicted molar refractivity (Wildman–Crippen MR) is 73.2 cm³/mol. The number of rotatable bonds is 4. The Bertz CT molecular complexity index is 584. The Balaban J connectivity index is 2.11. The zero-order chi connectivity index (χ0) is 13.7. The van der Waals surface area contributed by atoms with Gasteiger partial charge in [-0.05, 0) is 42.8 Å². The van der Waals surface area contributed by atoms with Crippen molar-refractivity contribution in [1.29, 1.82) is 5.26 Å². The van der Waals surface area contributed by atoms with Crippen LogP contribution in [0.15, 0.2) is 48.5 Å². The summed E-state index contributed by atoms with van der Waals surface area (Å²) in [7, 11) is 1.64. The Labute approximate surface area is 113 Å². The summed E-state index contributed by atoms with van der Waals surface area (Å²) in [4.78, 5) is 0. The van der Waals surface area contributed by atoms with Crippen LogP contribution < -0.4 is 9.47 Å².